The lowest BCUT2D eigenvalue weighted by atomic mass is 9.82. The summed E-state index contributed by atoms with van der Waals surface area (Å²) in [5.41, 5.74) is 1.71. The molecule has 0 unspecified atom stereocenters. The minimum atomic E-state index is -0.906. The predicted octanol–water partition coefficient (Wildman–Crippen LogP) is 3.76. The van der Waals surface area contributed by atoms with E-state index in [9.17, 15) is 19.5 Å². The van der Waals surface area contributed by atoms with E-state index in [1.807, 2.05) is 12.2 Å². The van der Waals surface area contributed by atoms with Gasteiger partial charge in [0.25, 0.3) is 5.91 Å². The third kappa shape index (κ3) is 3.37. The molecule has 160 valence electrons. The molecule has 1 aromatic heterocycles. The fourth-order valence-corrected chi connectivity index (χ4v) is 7.22. The van der Waals surface area contributed by atoms with E-state index < -0.39 is 17.8 Å². The molecule has 2 saturated carbocycles. The lowest BCUT2D eigenvalue weighted by molar-refractivity contribution is -0.146. The number of carbonyl (C=O) groups is 3. The molecule has 0 aromatic carbocycles. The van der Waals surface area contributed by atoms with Gasteiger partial charge in [-0.15, -0.1) is 11.3 Å². The number of nitrogens with one attached hydrogen (secondary N) is 2. The van der Waals surface area contributed by atoms with Crippen molar-refractivity contribution in [3.05, 3.63) is 28.2 Å². The first-order chi connectivity index (χ1) is 14.5. The van der Waals surface area contributed by atoms with Crippen molar-refractivity contribution in [1.29, 1.82) is 0 Å². The molecule has 3 N–H and O–H groups in total. The maximum absolute atomic E-state index is 13.2. The van der Waals surface area contributed by atoms with Crippen LogP contribution in [0.15, 0.2) is 12.2 Å². The second-order valence-electron chi connectivity index (χ2n) is 9.20. The van der Waals surface area contributed by atoms with E-state index in [1.54, 1.807) is 0 Å². The SMILES string of the molecule is O=C(NC1CCCC1)c1c(NC(=O)[C@@H]2[C@@H](C(=O)O)[C@H]3C=C[C@@H]2C3)sc2c1CCCC2. The highest BCUT2D eigenvalue weighted by Gasteiger charge is 2.51. The Hall–Kier alpha value is -2.15. The first kappa shape index (κ1) is 19.8. The first-order valence-corrected chi connectivity index (χ1v) is 12.0. The van der Waals surface area contributed by atoms with Crippen LogP contribution in [0.25, 0.3) is 0 Å². The summed E-state index contributed by atoms with van der Waals surface area (Å²) in [5, 5.41) is 16.5. The molecular formula is C23H28N2O4S. The van der Waals surface area contributed by atoms with E-state index in [0.29, 0.717) is 10.6 Å². The molecule has 7 heteroatoms. The highest BCUT2D eigenvalue weighted by Crippen LogP contribution is 2.49. The quantitative estimate of drug-likeness (QED) is 0.622. The van der Waals surface area contributed by atoms with Gasteiger partial charge in [-0.25, -0.2) is 0 Å². The van der Waals surface area contributed by atoms with Gasteiger partial charge in [-0.05, 0) is 62.3 Å². The van der Waals surface area contributed by atoms with Crippen LogP contribution in [-0.4, -0.2) is 28.9 Å². The van der Waals surface area contributed by atoms with Crippen molar-refractivity contribution in [1.82, 2.24) is 5.32 Å². The number of thiophene rings is 1. The molecule has 0 radical (unpaired) electrons. The number of carboxylic acids is 1. The van der Waals surface area contributed by atoms with Crippen molar-refractivity contribution in [3.8, 4) is 0 Å². The van der Waals surface area contributed by atoms with Crippen molar-refractivity contribution in [2.45, 2.75) is 63.8 Å². The highest BCUT2D eigenvalue weighted by atomic mass is 32.1. The lowest BCUT2D eigenvalue weighted by Gasteiger charge is -2.24. The number of rotatable bonds is 5. The molecule has 2 bridgehead atoms. The summed E-state index contributed by atoms with van der Waals surface area (Å²) in [6.45, 7) is 0. The Kier molecular flexibility index (Phi) is 5.17. The van der Waals surface area contributed by atoms with Crippen molar-refractivity contribution in [2.75, 3.05) is 5.32 Å². The first-order valence-electron chi connectivity index (χ1n) is 11.2. The van der Waals surface area contributed by atoms with Gasteiger partial charge in [0.1, 0.15) is 5.00 Å². The fraction of sp³-hybridized carbons (Fsp3) is 0.609. The predicted molar refractivity (Wildman–Crippen MR) is 115 cm³/mol. The molecule has 1 aromatic rings. The molecular weight excluding hydrogens is 400 g/mol. The van der Waals surface area contributed by atoms with Gasteiger partial charge in [0.15, 0.2) is 0 Å². The fourth-order valence-electron chi connectivity index (χ4n) is 5.93. The zero-order chi connectivity index (χ0) is 20.8. The lowest BCUT2D eigenvalue weighted by Crippen LogP contribution is -2.37. The molecule has 0 aliphatic heterocycles. The molecule has 0 saturated heterocycles. The number of aryl methyl sites for hydroxylation is 1. The van der Waals surface area contributed by atoms with Gasteiger partial charge in [0.05, 0.1) is 17.4 Å². The second kappa shape index (κ2) is 7.84. The number of carbonyl (C=O) groups excluding carboxylic acids is 2. The van der Waals surface area contributed by atoms with Gasteiger partial charge in [-0.2, -0.15) is 0 Å². The summed E-state index contributed by atoms with van der Waals surface area (Å²) < 4.78 is 0. The molecule has 2 amide bonds. The number of fused-ring (bicyclic) bond motifs is 3. The summed E-state index contributed by atoms with van der Waals surface area (Å²) in [6, 6.07) is 0.215. The smallest absolute Gasteiger partial charge is 0.307 e. The van der Waals surface area contributed by atoms with Gasteiger partial charge in [0.2, 0.25) is 5.91 Å². The summed E-state index contributed by atoms with van der Waals surface area (Å²) in [5.74, 6) is -2.58. The second-order valence-corrected chi connectivity index (χ2v) is 10.3. The summed E-state index contributed by atoms with van der Waals surface area (Å²) >= 11 is 1.51. The van der Waals surface area contributed by atoms with Crippen LogP contribution < -0.4 is 10.6 Å². The van der Waals surface area contributed by atoms with E-state index in [4.69, 9.17) is 0 Å². The minimum absolute atomic E-state index is 0.0264. The molecule has 0 spiro atoms. The van der Waals surface area contributed by atoms with Crippen LogP contribution in [0.5, 0.6) is 0 Å². The maximum Gasteiger partial charge on any atom is 0.307 e. The van der Waals surface area contributed by atoms with E-state index in [-0.39, 0.29) is 29.7 Å². The normalized spacial score (nSPS) is 29.7. The molecule has 1 heterocycles. The molecule has 4 aliphatic carbocycles. The molecule has 5 rings (SSSR count). The van der Waals surface area contributed by atoms with Crippen molar-refractivity contribution >= 4 is 34.1 Å². The number of carboxylic acid groups (broad SMARTS) is 1. The minimum Gasteiger partial charge on any atom is -0.481 e. The number of anilines is 1. The number of aliphatic carboxylic acids is 1. The van der Waals surface area contributed by atoms with Crippen molar-refractivity contribution in [2.24, 2.45) is 23.7 Å². The topological polar surface area (TPSA) is 95.5 Å². The monoisotopic (exact) mass is 428 g/mol. The van der Waals surface area contributed by atoms with E-state index >= 15 is 0 Å². The third-order valence-corrected chi connectivity index (χ3v) is 8.58. The Balaban J connectivity index is 1.42. The zero-order valence-corrected chi connectivity index (χ0v) is 17.8. The number of hydrogen-bond donors (Lipinski definition) is 3. The number of allylic oxidation sites excluding steroid dienone is 2. The summed E-state index contributed by atoms with van der Waals surface area (Å²) in [7, 11) is 0. The van der Waals surface area contributed by atoms with Crippen LogP contribution in [0, 0.1) is 23.7 Å². The molecule has 30 heavy (non-hydrogen) atoms. The Morgan fingerprint density at radius 1 is 0.967 bits per heavy atom. The highest BCUT2D eigenvalue weighted by molar-refractivity contribution is 7.17. The zero-order valence-electron chi connectivity index (χ0n) is 17.0. The molecule has 6 nitrogen and oxygen atoms in total. The van der Waals surface area contributed by atoms with Crippen LogP contribution in [0.1, 0.15) is 65.7 Å². The standard InChI is InChI=1S/C23H28N2O4S/c26-20(17-12-9-10-13(11-12)18(17)23(28)29)25-22-19(15-7-3-4-8-16(15)30-22)21(27)24-14-5-1-2-6-14/h9-10,12-14,17-18H,1-8,11H2,(H,24,27)(H,25,26)(H,28,29)/t12-,13+,17+,18+/m1/s1. The summed E-state index contributed by atoms with van der Waals surface area (Å²) in [6.07, 6.45) is 12.9. The number of hydrogen-bond acceptors (Lipinski definition) is 4. The average molecular weight is 429 g/mol. The third-order valence-electron chi connectivity index (χ3n) is 7.37. The van der Waals surface area contributed by atoms with Crippen molar-refractivity contribution < 1.29 is 19.5 Å². The molecule has 4 aliphatic rings. The molecule has 4 atom stereocenters. The van der Waals surface area contributed by atoms with Crippen LogP contribution in [-0.2, 0) is 22.4 Å². The Morgan fingerprint density at radius 3 is 2.40 bits per heavy atom. The largest absolute Gasteiger partial charge is 0.481 e. The average Bonchev–Trinajstić information content (AvgIpc) is 3.50. The van der Waals surface area contributed by atoms with E-state index in [2.05, 4.69) is 10.6 Å². The van der Waals surface area contributed by atoms with Crippen LogP contribution in [0.2, 0.25) is 0 Å². The van der Waals surface area contributed by atoms with Gasteiger partial charge in [0, 0.05) is 10.9 Å². The Bertz CT molecular complexity index is 915. The number of amides is 2. The van der Waals surface area contributed by atoms with E-state index in [0.717, 1.165) is 63.4 Å². The Labute approximate surface area is 180 Å². The van der Waals surface area contributed by atoms with Gasteiger partial charge in [-0.3, -0.25) is 14.4 Å². The Morgan fingerprint density at radius 2 is 1.67 bits per heavy atom. The van der Waals surface area contributed by atoms with Crippen LogP contribution >= 0.6 is 11.3 Å². The van der Waals surface area contributed by atoms with Gasteiger partial charge in [-0.1, -0.05) is 25.0 Å². The van der Waals surface area contributed by atoms with Crippen LogP contribution in [0.4, 0.5) is 5.00 Å². The van der Waals surface area contributed by atoms with Crippen LogP contribution in [0.3, 0.4) is 0 Å². The maximum atomic E-state index is 13.2. The van der Waals surface area contributed by atoms with Crippen molar-refractivity contribution in [3.63, 3.8) is 0 Å². The summed E-state index contributed by atoms with van der Waals surface area (Å²) in [4.78, 5) is 39.4. The van der Waals surface area contributed by atoms with Gasteiger partial charge < -0.3 is 15.7 Å². The molecule has 2 fully saturated rings. The van der Waals surface area contributed by atoms with E-state index in [1.165, 1.54) is 16.2 Å². The van der Waals surface area contributed by atoms with Gasteiger partial charge >= 0.3 is 5.97 Å².